The molecule has 0 N–H and O–H groups in total. The van der Waals surface area contributed by atoms with E-state index in [1.165, 1.54) is 7.11 Å². The molecule has 15 heavy (non-hydrogen) atoms. The van der Waals surface area contributed by atoms with Crippen LogP contribution in [0, 0.1) is 0 Å². The van der Waals surface area contributed by atoms with E-state index in [0.29, 0.717) is 5.56 Å². The van der Waals surface area contributed by atoms with Gasteiger partial charge in [0, 0.05) is 5.56 Å². The van der Waals surface area contributed by atoms with Crippen LogP contribution in [0.5, 0.6) is 0 Å². The van der Waals surface area contributed by atoms with Crippen LogP contribution in [-0.2, 0) is 14.3 Å². The van der Waals surface area contributed by atoms with Gasteiger partial charge in [-0.2, -0.15) is 4.89 Å². The highest BCUT2D eigenvalue weighted by molar-refractivity contribution is 7.45. The van der Waals surface area contributed by atoms with Crippen LogP contribution >= 0.6 is 7.80 Å². The molecule has 80 valence electrons. The van der Waals surface area contributed by atoms with Gasteiger partial charge in [0.1, 0.15) is 0 Å². The second-order valence-corrected chi connectivity index (χ2v) is 4.38. The third-order valence-electron chi connectivity index (χ3n) is 1.73. The number of ketones is 1. The van der Waals surface area contributed by atoms with Crippen molar-refractivity contribution in [2.75, 3.05) is 19.6 Å². The van der Waals surface area contributed by atoms with Gasteiger partial charge in [-0.3, -0.25) is 4.79 Å². The van der Waals surface area contributed by atoms with E-state index in [1.807, 2.05) is 6.07 Å². The maximum absolute atomic E-state index is 11.5. The lowest BCUT2D eigenvalue weighted by molar-refractivity contribution is -0.256. The summed E-state index contributed by atoms with van der Waals surface area (Å²) in [5.74, 6) is -0.142. The predicted molar refractivity (Wildman–Crippen MR) is 56.2 cm³/mol. The number of hydrogen-bond acceptors (Lipinski definition) is 4. The Hall–Kier alpha value is -1.09. The average Bonchev–Trinajstić information content (AvgIpc) is 2.27. The van der Waals surface area contributed by atoms with E-state index < -0.39 is 7.80 Å². The fourth-order valence-corrected chi connectivity index (χ4v) is 1.85. The maximum Gasteiger partial charge on any atom is 0.377 e. The molecule has 0 spiro atoms. The van der Waals surface area contributed by atoms with E-state index in [0.717, 1.165) is 0 Å². The zero-order chi connectivity index (χ0) is 11.1. The Balaban J connectivity index is 2.46. The summed E-state index contributed by atoms with van der Waals surface area (Å²) in [5, 5.41) is 0. The number of carbonyl (C=O) groups excluding carboxylic acids is 1. The number of hydrogen-bond donors (Lipinski definition) is 0. The van der Waals surface area contributed by atoms with Crippen LogP contribution in [0.15, 0.2) is 30.3 Å². The molecule has 1 unspecified atom stereocenters. The molecule has 0 saturated carbocycles. The fraction of sp³-hybridized carbons (Fsp3) is 0.300. The minimum Gasteiger partial charge on any atom is -0.289 e. The largest absolute Gasteiger partial charge is 0.377 e. The van der Waals surface area contributed by atoms with Crippen molar-refractivity contribution in [3.63, 3.8) is 0 Å². The van der Waals surface area contributed by atoms with Crippen LogP contribution in [0.25, 0.3) is 0 Å². The van der Waals surface area contributed by atoms with E-state index >= 15 is 0 Å². The van der Waals surface area contributed by atoms with Gasteiger partial charge >= 0.3 is 7.80 Å². The molecule has 0 amide bonds. The number of rotatable bonds is 6. The summed E-state index contributed by atoms with van der Waals surface area (Å²) in [6, 6.07) is 8.76. The molecule has 1 atom stereocenters. The topological polar surface area (TPSA) is 52.6 Å². The van der Waals surface area contributed by atoms with Gasteiger partial charge in [0.05, 0.1) is 7.11 Å². The second kappa shape index (κ2) is 6.40. The summed E-state index contributed by atoms with van der Waals surface area (Å²) in [6.07, 6.45) is -0.0624. The standard InChI is InChI=1S/C10H12O4P/c1-13-14-8-15(12)7-10(11)9-5-3-2-4-6-9/h2-6H,7-8H2,1H3/q+1. The first-order chi connectivity index (χ1) is 7.24. The van der Waals surface area contributed by atoms with Gasteiger partial charge in [-0.15, -0.1) is 0 Å². The minimum absolute atomic E-state index is 0.0112. The molecule has 0 fully saturated rings. The van der Waals surface area contributed by atoms with E-state index in [4.69, 9.17) is 0 Å². The Kier molecular flexibility index (Phi) is 5.12. The highest BCUT2D eigenvalue weighted by Gasteiger charge is 2.22. The summed E-state index contributed by atoms with van der Waals surface area (Å²) >= 11 is 0. The summed E-state index contributed by atoms with van der Waals surface area (Å²) in [4.78, 5) is 20.3. The third-order valence-corrected chi connectivity index (χ3v) is 2.76. The van der Waals surface area contributed by atoms with Gasteiger partial charge in [-0.05, 0) is 0 Å². The smallest absolute Gasteiger partial charge is 0.289 e. The first kappa shape index (κ1) is 12.0. The molecule has 5 heteroatoms. The third kappa shape index (κ3) is 4.30. The first-order valence-corrected chi connectivity index (χ1v) is 6.03. The van der Waals surface area contributed by atoms with Gasteiger partial charge in [0.2, 0.25) is 11.9 Å². The molecular weight excluding hydrogens is 215 g/mol. The van der Waals surface area contributed by atoms with Crippen LogP contribution in [0.3, 0.4) is 0 Å². The summed E-state index contributed by atoms with van der Waals surface area (Å²) in [5.41, 5.74) is 0.568. The van der Waals surface area contributed by atoms with E-state index in [2.05, 4.69) is 9.78 Å². The molecule has 0 aliphatic rings. The van der Waals surface area contributed by atoms with Crippen molar-refractivity contribution in [2.24, 2.45) is 0 Å². The quantitative estimate of drug-likeness (QED) is 0.323. The molecule has 1 aromatic carbocycles. The lowest BCUT2D eigenvalue weighted by atomic mass is 10.2. The van der Waals surface area contributed by atoms with Crippen molar-refractivity contribution in [3.05, 3.63) is 35.9 Å². The van der Waals surface area contributed by atoms with Gasteiger partial charge in [0.25, 0.3) is 6.35 Å². The van der Waals surface area contributed by atoms with Crippen molar-refractivity contribution >= 4 is 13.6 Å². The van der Waals surface area contributed by atoms with Gasteiger partial charge < -0.3 is 0 Å². The van der Waals surface area contributed by atoms with Crippen LogP contribution in [0.1, 0.15) is 10.4 Å². The van der Waals surface area contributed by atoms with Crippen LogP contribution < -0.4 is 0 Å². The Bertz CT molecular complexity index is 337. The lowest BCUT2D eigenvalue weighted by Gasteiger charge is -1.93. The monoisotopic (exact) mass is 227 g/mol. The molecule has 0 aliphatic carbocycles. The van der Waals surface area contributed by atoms with Crippen molar-refractivity contribution in [3.8, 4) is 0 Å². The summed E-state index contributed by atoms with van der Waals surface area (Å²) in [6.45, 7) is 0. The molecule has 0 heterocycles. The molecule has 0 aliphatic heterocycles. The van der Waals surface area contributed by atoms with E-state index in [-0.39, 0.29) is 18.3 Å². The van der Waals surface area contributed by atoms with Crippen LogP contribution in [0.4, 0.5) is 0 Å². The number of carbonyl (C=O) groups is 1. The molecule has 1 aromatic rings. The zero-order valence-corrected chi connectivity index (χ0v) is 9.28. The first-order valence-electron chi connectivity index (χ1n) is 4.40. The highest BCUT2D eigenvalue weighted by Crippen LogP contribution is 2.21. The second-order valence-electron chi connectivity index (χ2n) is 2.84. The lowest BCUT2D eigenvalue weighted by Crippen LogP contribution is -2.03. The van der Waals surface area contributed by atoms with Crippen molar-refractivity contribution < 1.29 is 19.1 Å². The van der Waals surface area contributed by atoms with Crippen molar-refractivity contribution in [1.29, 1.82) is 0 Å². The van der Waals surface area contributed by atoms with Crippen molar-refractivity contribution in [2.45, 2.75) is 0 Å². The van der Waals surface area contributed by atoms with Gasteiger partial charge in [-0.1, -0.05) is 34.9 Å². The van der Waals surface area contributed by atoms with Gasteiger partial charge in [-0.25, -0.2) is 4.89 Å². The predicted octanol–water partition coefficient (Wildman–Crippen LogP) is 2.23. The Morgan fingerprint density at radius 2 is 2.00 bits per heavy atom. The molecular formula is C10H12O4P+. The SMILES string of the molecule is COOC[P+](=O)CC(=O)c1ccccc1. The average molecular weight is 227 g/mol. The normalized spacial score (nSPS) is 11.1. The number of Topliss-reactive ketones (excluding diaryl/α,β-unsaturated/α-hetero) is 1. The Labute approximate surface area is 88.9 Å². The summed E-state index contributed by atoms with van der Waals surface area (Å²) in [7, 11) is -0.361. The molecule has 0 radical (unpaired) electrons. The Morgan fingerprint density at radius 3 is 2.60 bits per heavy atom. The molecule has 0 bridgehead atoms. The minimum atomic E-state index is -1.70. The van der Waals surface area contributed by atoms with Crippen molar-refractivity contribution in [1.82, 2.24) is 0 Å². The van der Waals surface area contributed by atoms with E-state index in [1.54, 1.807) is 24.3 Å². The molecule has 4 nitrogen and oxygen atoms in total. The van der Waals surface area contributed by atoms with E-state index in [9.17, 15) is 9.36 Å². The van der Waals surface area contributed by atoms with Crippen LogP contribution in [-0.4, -0.2) is 25.4 Å². The molecule has 1 rings (SSSR count). The molecule has 0 aromatic heterocycles. The molecule has 0 saturated heterocycles. The fourth-order valence-electron chi connectivity index (χ4n) is 1.03. The maximum atomic E-state index is 11.5. The van der Waals surface area contributed by atoms with Gasteiger partial charge in [0.15, 0.2) is 0 Å². The Morgan fingerprint density at radius 1 is 1.33 bits per heavy atom. The zero-order valence-electron chi connectivity index (χ0n) is 8.38. The summed E-state index contributed by atoms with van der Waals surface area (Å²) < 4.78 is 11.3. The van der Waals surface area contributed by atoms with Crippen LogP contribution in [0.2, 0.25) is 0 Å². The number of benzene rings is 1. The highest BCUT2D eigenvalue weighted by atomic mass is 31.1.